The summed E-state index contributed by atoms with van der Waals surface area (Å²) in [6, 6.07) is 19.5. The molecule has 0 fully saturated rings. The van der Waals surface area contributed by atoms with Crippen LogP contribution in [-0.4, -0.2) is 11.8 Å². The van der Waals surface area contributed by atoms with Gasteiger partial charge in [0, 0.05) is 27.3 Å². The molecule has 29 heavy (non-hydrogen) atoms. The summed E-state index contributed by atoms with van der Waals surface area (Å²) < 4.78 is 5.10. The minimum atomic E-state index is -0.331. The zero-order valence-corrected chi connectivity index (χ0v) is 16.3. The average Bonchev–Trinajstić information content (AvgIpc) is 3.25. The summed E-state index contributed by atoms with van der Waals surface area (Å²) in [5.74, 6) is -0.330. The van der Waals surface area contributed by atoms with Crippen LogP contribution in [0.15, 0.2) is 77.4 Å². The van der Waals surface area contributed by atoms with E-state index in [0.29, 0.717) is 22.0 Å². The molecule has 0 aliphatic carbocycles. The van der Waals surface area contributed by atoms with E-state index in [0.717, 1.165) is 16.3 Å². The van der Waals surface area contributed by atoms with Gasteiger partial charge in [-0.15, -0.1) is 0 Å². The second-order valence-corrected chi connectivity index (χ2v) is 6.96. The molecule has 0 radical (unpaired) electrons. The van der Waals surface area contributed by atoms with Crippen LogP contribution in [0, 0.1) is 6.92 Å². The Hall–Kier alpha value is -3.57. The minimum Gasteiger partial charge on any atom is -0.459 e. The fraction of sp³-hybridized carbons (Fsp3) is 0.0435. The van der Waals surface area contributed by atoms with Crippen molar-refractivity contribution in [3.63, 3.8) is 0 Å². The zero-order chi connectivity index (χ0) is 20.4. The van der Waals surface area contributed by atoms with Gasteiger partial charge >= 0.3 is 0 Å². The van der Waals surface area contributed by atoms with Crippen LogP contribution >= 0.6 is 11.6 Å². The fourth-order valence-corrected chi connectivity index (χ4v) is 3.38. The third-order valence-corrected chi connectivity index (χ3v) is 4.92. The molecule has 0 bridgehead atoms. The number of furan rings is 1. The number of anilines is 2. The van der Waals surface area contributed by atoms with Crippen molar-refractivity contribution in [3.05, 3.63) is 94.9 Å². The summed E-state index contributed by atoms with van der Waals surface area (Å²) in [6.45, 7) is 1.85. The molecular weight excluding hydrogens is 388 g/mol. The van der Waals surface area contributed by atoms with Crippen LogP contribution in [0.1, 0.15) is 26.5 Å². The Morgan fingerprint density at radius 3 is 2.41 bits per heavy atom. The number of carbonyl (C=O) groups excluding carboxylic acids is 2. The van der Waals surface area contributed by atoms with Gasteiger partial charge in [0.25, 0.3) is 11.8 Å². The molecule has 0 atom stereocenters. The monoisotopic (exact) mass is 404 g/mol. The van der Waals surface area contributed by atoms with E-state index in [1.54, 1.807) is 42.5 Å². The largest absolute Gasteiger partial charge is 0.459 e. The normalized spacial score (nSPS) is 10.7. The molecule has 4 aromatic rings. The summed E-state index contributed by atoms with van der Waals surface area (Å²) in [4.78, 5) is 25.0. The van der Waals surface area contributed by atoms with Crippen LogP contribution in [-0.2, 0) is 0 Å². The molecule has 0 aliphatic rings. The summed E-state index contributed by atoms with van der Waals surface area (Å²) in [5, 5.41) is 7.92. The highest BCUT2D eigenvalue weighted by molar-refractivity contribution is 6.36. The van der Waals surface area contributed by atoms with Gasteiger partial charge in [0.2, 0.25) is 0 Å². The van der Waals surface area contributed by atoms with E-state index in [4.69, 9.17) is 16.0 Å². The molecule has 0 spiro atoms. The van der Waals surface area contributed by atoms with E-state index in [9.17, 15) is 9.59 Å². The van der Waals surface area contributed by atoms with Crippen molar-refractivity contribution < 1.29 is 14.0 Å². The van der Waals surface area contributed by atoms with E-state index < -0.39 is 0 Å². The van der Waals surface area contributed by atoms with Gasteiger partial charge < -0.3 is 15.1 Å². The van der Waals surface area contributed by atoms with Crippen LogP contribution in [0.2, 0.25) is 5.02 Å². The van der Waals surface area contributed by atoms with E-state index in [1.807, 2.05) is 31.2 Å². The maximum absolute atomic E-state index is 12.8. The second kappa shape index (κ2) is 7.81. The number of carbonyl (C=O) groups is 2. The van der Waals surface area contributed by atoms with Crippen molar-refractivity contribution in [2.45, 2.75) is 6.92 Å². The molecule has 0 aliphatic heterocycles. The number of benzene rings is 3. The molecule has 1 aromatic heterocycles. The Morgan fingerprint density at radius 2 is 1.66 bits per heavy atom. The van der Waals surface area contributed by atoms with Gasteiger partial charge in [-0.25, -0.2) is 0 Å². The van der Waals surface area contributed by atoms with E-state index in [-0.39, 0.29) is 17.6 Å². The van der Waals surface area contributed by atoms with Crippen molar-refractivity contribution in [2.24, 2.45) is 0 Å². The number of fused-ring (bicyclic) bond motifs is 1. The van der Waals surface area contributed by atoms with Crippen molar-refractivity contribution >= 4 is 45.6 Å². The molecule has 3 aromatic carbocycles. The Morgan fingerprint density at radius 1 is 0.862 bits per heavy atom. The van der Waals surface area contributed by atoms with Gasteiger partial charge in [0.05, 0.1) is 6.26 Å². The Balaban J connectivity index is 1.54. The third-order valence-electron chi connectivity index (χ3n) is 4.59. The first-order valence-electron chi connectivity index (χ1n) is 8.97. The Bertz CT molecular complexity index is 1220. The standard InChI is InChI=1S/C23H17ClN2O3/c1-14-13-15(10-11-20(14)26-23(28)21-9-4-12-29-21)25-22(27)18-7-2-6-17-16(18)5-3-8-19(17)24/h2-13H,1H3,(H,25,27)(H,26,28). The molecule has 1 heterocycles. The topological polar surface area (TPSA) is 71.3 Å². The second-order valence-electron chi connectivity index (χ2n) is 6.56. The maximum Gasteiger partial charge on any atom is 0.291 e. The van der Waals surface area contributed by atoms with Crippen molar-refractivity contribution in [2.75, 3.05) is 10.6 Å². The van der Waals surface area contributed by atoms with Crippen LogP contribution in [0.4, 0.5) is 11.4 Å². The summed E-state index contributed by atoms with van der Waals surface area (Å²) >= 11 is 6.24. The fourth-order valence-electron chi connectivity index (χ4n) is 3.14. The highest BCUT2D eigenvalue weighted by atomic mass is 35.5. The lowest BCUT2D eigenvalue weighted by Gasteiger charge is -2.12. The smallest absolute Gasteiger partial charge is 0.291 e. The minimum absolute atomic E-state index is 0.232. The molecule has 0 saturated carbocycles. The van der Waals surface area contributed by atoms with E-state index >= 15 is 0 Å². The number of amides is 2. The lowest BCUT2D eigenvalue weighted by molar-refractivity contribution is 0.0994. The lowest BCUT2D eigenvalue weighted by atomic mass is 10.0. The Labute approximate surface area is 172 Å². The number of aryl methyl sites for hydroxylation is 1. The van der Waals surface area contributed by atoms with Gasteiger partial charge in [-0.1, -0.05) is 35.9 Å². The first kappa shape index (κ1) is 18.8. The molecule has 144 valence electrons. The number of hydrogen-bond donors (Lipinski definition) is 2. The number of hydrogen-bond acceptors (Lipinski definition) is 3. The van der Waals surface area contributed by atoms with Gasteiger partial charge in [0.1, 0.15) is 0 Å². The first-order valence-corrected chi connectivity index (χ1v) is 9.35. The zero-order valence-electron chi connectivity index (χ0n) is 15.5. The van der Waals surface area contributed by atoms with Crippen LogP contribution in [0.3, 0.4) is 0 Å². The molecule has 2 N–H and O–H groups in total. The molecule has 0 saturated heterocycles. The molecule has 6 heteroatoms. The number of rotatable bonds is 4. The van der Waals surface area contributed by atoms with Gasteiger partial charge in [-0.2, -0.15) is 0 Å². The predicted molar refractivity (Wildman–Crippen MR) is 115 cm³/mol. The van der Waals surface area contributed by atoms with E-state index in [2.05, 4.69) is 10.6 Å². The quantitative estimate of drug-likeness (QED) is 0.445. The molecule has 5 nitrogen and oxygen atoms in total. The van der Waals surface area contributed by atoms with Crippen LogP contribution in [0.5, 0.6) is 0 Å². The van der Waals surface area contributed by atoms with Crippen molar-refractivity contribution in [1.82, 2.24) is 0 Å². The highest BCUT2D eigenvalue weighted by Gasteiger charge is 2.13. The van der Waals surface area contributed by atoms with Crippen LogP contribution < -0.4 is 10.6 Å². The maximum atomic E-state index is 12.8. The average molecular weight is 405 g/mol. The Kier molecular flexibility index (Phi) is 5.06. The highest BCUT2D eigenvalue weighted by Crippen LogP contribution is 2.27. The van der Waals surface area contributed by atoms with E-state index in [1.165, 1.54) is 6.26 Å². The first-order chi connectivity index (χ1) is 14.0. The molecule has 2 amide bonds. The lowest BCUT2D eigenvalue weighted by Crippen LogP contribution is -2.14. The van der Waals surface area contributed by atoms with Gasteiger partial charge in [-0.3, -0.25) is 9.59 Å². The van der Waals surface area contributed by atoms with Crippen LogP contribution in [0.25, 0.3) is 10.8 Å². The summed E-state index contributed by atoms with van der Waals surface area (Å²) in [5.41, 5.74) is 2.62. The predicted octanol–water partition coefficient (Wildman–Crippen LogP) is 5.90. The number of nitrogens with one attached hydrogen (secondary N) is 2. The number of halogens is 1. The van der Waals surface area contributed by atoms with Gasteiger partial charge in [-0.05, 0) is 60.3 Å². The third kappa shape index (κ3) is 3.86. The van der Waals surface area contributed by atoms with Crippen molar-refractivity contribution in [1.29, 1.82) is 0 Å². The molecule has 0 unspecified atom stereocenters. The summed E-state index contributed by atoms with van der Waals surface area (Å²) in [7, 11) is 0. The van der Waals surface area contributed by atoms with Gasteiger partial charge in [0.15, 0.2) is 5.76 Å². The summed E-state index contributed by atoms with van der Waals surface area (Å²) in [6.07, 6.45) is 1.45. The molecular formula is C23H17ClN2O3. The van der Waals surface area contributed by atoms with Crippen molar-refractivity contribution in [3.8, 4) is 0 Å². The SMILES string of the molecule is Cc1cc(NC(=O)c2cccc3c(Cl)cccc23)ccc1NC(=O)c1ccco1. The molecule has 4 rings (SSSR count).